The average Bonchev–Trinajstić information content (AvgIpc) is 0.874. The molecule has 0 aliphatic heterocycles. The summed E-state index contributed by atoms with van der Waals surface area (Å²) in [5.74, 6) is -4.37. The molecule has 1 rings (SSSR count). The maximum atomic E-state index is 12.3. The molecule has 0 aliphatic rings. The molecule has 852 valence electrons. The highest BCUT2D eigenvalue weighted by Gasteiger charge is 2.25. The molecule has 0 saturated heterocycles. The summed E-state index contributed by atoms with van der Waals surface area (Å²) in [5, 5.41) is 38.4. The van der Waals surface area contributed by atoms with Crippen molar-refractivity contribution >= 4 is 89.5 Å². The fourth-order valence-electron chi connectivity index (χ4n) is 16.4. The van der Waals surface area contributed by atoms with E-state index in [1.807, 2.05) is 35.2 Å². The lowest BCUT2D eigenvalue weighted by Crippen LogP contribution is -2.44. The number of carbonyl (C=O) groups excluding carboxylic acids is 10. The van der Waals surface area contributed by atoms with E-state index in [-0.39, 0.29) is 123 Å². The summed E-state index contributed by atoms with van der Waals surface area (Å²) in [5.41, 5.74) is 0.955. The Kier molecular flexibility index (Phi) is 114. The molecule has 5 unspecified atom stereocenters. The second kappa shape index (κ2) is 114. The number of ketones is 4. The van der Waals surface area contributed by atoms with E-state index in [1.165, 1.54) is 329 Å². The molecule has 1 aromatic rings. The van der Waals surface area contributed by atoms with Crippen LogP contribution in [0, 0.1) is 0 Å². The van der Waals surface area contributed by atoms with Crippen LogP contribution in [0.4, 0.5) is 0 Å². The van der Waals surface area contributed by atoms with Crippen LogP contribution < -0.4 is 21.3 Å². The van der Waals surface area contributed by atoms with Crippen molar-refractivity contribution < 1.29 is 106 Å². The Morgan fingerprint density at radius 3 is 0.733 bits per heavy atom. The van der Waals surface area contributed by atoms with E-state index in [1.54, 1.807) is 13.8 Å². The number of esters is 6. The zero-order valence-electron chi connectivity index (χ0n) is 94.5. The predicted octanol–water partition coefficient (Wildman–Crippen LogP) is 26.5. The molecule has 5 atom stereocenters. The fourth-order valence-corrected chi connectivity index (χ4v) is 16.9. The summed E-state index contributed by atoms with van der Waals surface area (Å²) < 4.78 is 31.6. The highest BCUT2D eigenvalue weighted by atomic mass is 32.1. The molecule has 0 aliphatic carbocycles. The number of hydrogen-bond donors (Lipinski definition) is 8. The Labute approximate surface area is 893 Å². The van der Waals surface area contributed by atoms with Gasteiger partial charge in [-0.15, -0.1) is 0 Å². The Morgan fingerprint density at radius 1 is 0.281 bits per heavy atom. The molecule has 0 radical (unpaired) electrons. The van der Waals surface area contributed by atoms with Gasteiger partial charge in [-0.1, -0.05) is 419 Å². The molecular formula is C118H217N5O22S. The van der Waals surface area contributed by atoms with E-state index < -0.39 is 42.1 Å². The smallest absolute Gasteiger partial charge is 0.321 e. The van der Waals surface area contributed by atoms with Crippen LogP contribution in [0.5, 0.6) is 0 Å². The number of ether oxygens (including phenoxy) is 6. The van der Waals surface area contributed by atoms with Crippen LogP contribution in [0.3, 0.4) is 0 Å². The zero-order valence-corrected chi connectivity index (χ0v) is 95.4. The van der Waals surface area contributed by atoms with Crippen LogP contribution in [-0.4, -0.2) is 212 Å². The number of aliphatic carboxylic acids is 3. The molecule has 0 spiro atoms. The Morgan fingerprint density at radius 2 is 0.514 bits per heavy atom. The number of Topliss-reactive ketones (excluding diaryl/α,β-unsaturated/α-hetero) is 4. The van der Waals surface area contributed by atoms with E-state index in [4.69, 9.17) is 38.6 Å². The molecule has 27 nitrogen and oxygen atoms in total. The highest BCUT2D eigenvalue weighted by Crippen LogP contribution is 2.20. The number of carboxylic acids is 3. The summed E-state index contributed by atoms with van der Waals surface area (Å²) in [4.78, 5) is 152. The van der Waals surface area contributed by atoms with Gasteiger partial charge in [-0.25, -0.2) is 0 Å². The summed E-state index contributed by atoms with van der Waals surface area (Å²) >= 11 is 4.34. The molecule has 0 aromatic heterocycles. The van der Waals surface area contributed by atoms with Crippen molar-refractivity contribution in [3.8, 4) is 0 Å². The van der Waals surface area contributed by atoms with Gasteiger partial charge in [0, 0.05) is 51.4 Å². The molecule has 0 fully saturated rings. The lowest BCUT2D eigenvalue weighted by atomic mass is 10.1. The largest absolute Gasteiger partial charge is 0.481 e. The fraction of sp³-hybridized carbons (Fsp3) is 0.839. The summed E-state index contributed by atoms with van der Waals surface area (Å²) in [6.07, 6.45) is 76.3. The number of nitrogens with zero attached hydrogens (tertiary/aromatic N) is 1. The van der Waals surface area contributed by atoms with Gasteiger partial charge in [-0.2, -0.15) is 12.6 Å². The molecule has 0 bridgehead atoms. The minimum atomic E-state index is -1.04. The van der Waals surface area contributed by atoms with Crippen molar-refractivity contribution in [2.24, 2.45) is 0 Å². The number of carbonyl (C=O) groups is 13. The van der Waals surface area contributed by atoms with Crippen molar-refractivity contribution in [3.63, 3.8) is 0 Å². The lowest BCUT2D eigenvalue weighted by molar-refractivity contribution is -0.146. The maximum Gasteiger partial charge on any atom is 0.321 e. The highest BCUT2D eigenvalue weighted by molar-refractivity contribution is 7.80. The third kappa shape index (κ3) is 110. The first-order chi connectivity index (χ1) is 70.6. The monoisotopic (exact) mass is 2090 g/mol. The van der Waals surface area contributed by atoms with Gasteiger partial charge in [0.1, 0.15) is 29.2 Å². The van der Waals surface area contributed by atoms with Gasteiger partial charge < -0.3 is 65.0 Å². The minimum Gasteiger partial charge on any atom is -0.481 e. The number of nitrogens with one attached hydrogen (secondary N) is 4. The molecule has 7 N–H and O–H groups in total. The maximum absolute atomic E-state index is 12.3. The van der Waals surface area contributed by atoms with E-state index in [0.717, 1.165) is 82.6 Å². The number of benzene rings is 1. The summed E-state index contributed by atoms with van der Waals surface area (Å²) in [6, 6.07) is 6.89. The molecule has 0 heterocycles. The molecular weight excluding hydrogens is 1870 g/mol. The van der Waals surface area contributed by atoms with Gasteiger partial charge in [-0.3, -0.25) is 67.2 Å². The quantitative estimate of drug-likeness (QED) is 0.0130. The molecule has 28 heteroatoms. The number of carboxylic acid groups (broad SMARTS) is 3. The van der Waals surface area contributed by atoms with E-state index >= 15 is 0 Å². The average molecular weight is 2090 g/mol. The first-order valence-electron chi connectivity index (χ1n) is 58.5. The third-order valence-electron chi connectivity index (χ3n) is 26.0. The van der Waals surface area contributed by atoms with Gasteiger partial charge >= 0.3 is 53.7 Å². The Balaban J connectivity index is -0.000000876. The molecule has 146 heavy (non-hydrogen) atoms. The molecule has 0 amide bonds. The Bertz CT molecular complexity index is 3200. The molecule has 1 aromatic carbocycles. The predicted molar refractivity (Wildman–Crippen MR) is 596 cm³/mol. The van der Waals surface area contributed by atoms with Gasteiger partial charge in [0.05, 0.1) is 109 Å². The van der Waals surface area contributed by atoms with Crippen LogP contribution in [0.25, 0.3) is 0 Å². The van der Waals surface area contributed by atoms with Crippen LogP contribution in [0.1, 0.15) is 525 Å². The van der Waals surface area contributed by atoms with Crippen molar-refractivity contribution in [2.75, 3.05) is 84.7 Å². The van der Waals surface area contributed by atoms with Crippen molar-refractivity contribution in [3.05, 3.63) is 35.9 Å². The standard InChI is InChI=1S/C34H65NO5S.C24H39NO4.C21H39NO5.C20H37NO5.C19H37NO3/c1-4-6-8-10-12-14-16-18-20-22-28-39-33(37)24-26-35(32(30-41)31(3)36)27-25-34(38)40-29-23-21-19-17-15-13-11-9-7-5-2;1-2-3-4-5-6-7-8-9-10-14-19-29-23(26)17-18-25-22(24(27)28)20-21-15-12-11-13-16-21;1-3-4-5-6-7-8-9-10-11-12-17-27-21(26)15-16-22-19(18(2)23)13-14-20(24)25;1-3-4-5-6-7-8-9-10-11-12-15-26-20(25)13-14-21-18(17(2)22)16-19(23)24;1-4-5-6-7-8-9-10-11-12-13-16-23-19(22)14-15-20-17(2)18(3)21/h32,41H,4-30H2,1-3H3;11-13,15-16,22,25H,2-10,14,17-20H2,1H3,(H,27,28);19,22H,3-17H2,1-2H3,(H,24,25);18,21H,3-16H2,1-2H3,(H,23,24);17,20H,4-16H2,1-3H3. The van der Waals surface area contributed by atoms with Crippen molar-refractivity contribution in [1.29, 1.82) is 0 Å². The van der Waals surface area contributed by atoms with Crippen LogP contribution >= 0.6 is 12.6 Å². The summed E-state index contributed by atoms with van der Waals surface area (Å²) in [6.45, 7) is 25.9. The van der Waals surface area contributed by atoms with Crippen molar-refractivity contribution in [1.82, 2.24) is 26.2 Å². The number of thiol groups is 1. The second-order valence-corrected chi connectivity index (χ2v) is 40.2. The third-order valence-corrected chi connectivity index (χ3v) is 26.3. The van der Waals surface area contributed by atoms with Crippen LogP contribution in [0.2, 0.25) is 0 Å². The van der Waals surface area contributed by atoms with Crippen LogP contribution in [0.15, 0.2) is 30.3 Å². The Hall–Kier alpha value is -6.72. The topological polar surface area (TPSA) is 389 Å². The van der Waals surface area contributed by atoms with Gasteiger partial charge in [0.15, 0.2) is 0 Å². The molecule has 0 saturated carbocycles. The number of unbranched alkanes of at least 4 members (excludes halogenated alkanes) is 54. The first-order valence-corrected chi connectivity index (χ1v) is 59.2. The van der Waals surface area contributed by atoms with Gasteiger partial charge in [0.25, 0.3) is 0 Å². The minimum absolute atomic E-state index is 0.0162. The lowest BCUT2D eigenvalue weighted by Gasteiger charge is -2.28. The van der Waals surface area contributed by atoms with Gasteiger partial charge in [0.2, 0.25) is 0 Å². The SMILES string of the molecule is CCCCCCCCCCCCOC(=O)CCN(CCC(=O)OCCCCCCCCCCCC)C(CS)C(C)=O.CCCCCCCCCCCCOC(=O)CCNC(C)C(C)=O.CCCCCCCCCCCCOC(=O)CCNC(CC(=O)O)C(C)=O.CCCCCCCCCCCCOC(=O)CCNC(CCC(=O)O)C(C)=O.CCCCCCCCCCCCOC(=O)CCNC(Cc1ccccc1)C(=O)O. The number of hydrogen-bond acceptors (Lipinski definition) is 25. The normalized spacial score (nSPS) is 12.0. The van der Waals surface area contributed by atoms with Crippen LogP contribution in [-0.2, 0) is 97.2 Å². The first kappa shape index (κ1) is 146. The van der Waals surface area contributed by atoms with E-state index in [0.29, 0.717) is 91.0 Å². The summed E-state index contributed by atoms with van der Waals surface area (Å²) in [7, 11) is 0. The van der Waals surface area contributed by atoms with E-state index in [9.17, 15) is 67.4 Å². The van der Waals surface area contributed by atoms with Crippen molar-refractivity contribution in [2.45, 2.75) is 556 Å². The number of rotatable bonds is 102. The zero-order chi connectivity index (χ0) is 109. The second-order valence-electron chi connectivity index (χ2n) is 39.8. The van der Waals surface area contributed by atoms with E-state index in [2.05, 4.69) is 75.4 Å². The van der Waals surface area contributed by atoms with Gasteiger partial charge in [-0.05, 0) is 91.5 Å².